The maximum atomic E-state index is 12.3. The van der Waals surface area contributed by atoms with E-state index >= 15 is 0 Å². The molecule has 84 valence electrons. The molecule has 3 nitrogen and oxygen atoms in total. The van der Waals surface area contributed by atoms with Crippen LogP contribution >= 0.6 is 11.6 Å². The lowest BCUT2D eigenvalue weighted by Crippen LogP contribution is -2.08. The first-order chi connectivity index (χ1) is 6.97. The second kappa shape index (κ2) is 4.61. The Labute approximate surface area is 86.6 Å². The lowest BCUT2D eigenvalue weighted by molar-refractivity contribution is 0.110. The number of hydrogen-bond donors (Lipinski definition) is 0. The zero-order valence-electron chi connectivity index (χ0n) is 7.13. The Hall–Kier alpha value is -1.11. The minimum atomic E-state index is -3.03. The monoisotopic (exact) mass is 244 g/mol. The Bertz CT molecular complexity index is 366. The lowest BCUT2D eigenvalue weighted by atomic mass is 10.3. The fraction of sp³-hybridized carbons (Fsp3) is 0.429. The molecule has 0 spiro atoms. The zero-order chi connectivity index (χ0) is 11.6. The van der Waals surface area contributed by atoms with Crippen LogP contribution in [0.5, 0.6) is 0 Å². The van der Waals surface area contributed by atoms with Crippen LogP contribution < -0.4 is 0 Å². The van der Waals surface area contributed by atoms with Crippen LogP contribution in [-0.2, 0) is 6.54 Å². The molecule has 8 heteroatoms. The predicted octanol–water partition coefficient (Wildman–Crippen LogP) is 2.55. The van der Waals surface area contributed by atoms with Crippen molar-refractivity contribution in [2.75, 3.05) is 0 Å². The third kappa shape index (κ3) is 2.47. The summed E-state index contributed by atoms with van der Waals surface area (Å²) >= 11 is 5.42. The van der Waals surface area contributed by atoms with Gasteiger partial charge in [-0.05, 0) is 0 Å². The number of hydrogen-bond acceptors (Lipinski definition) is 2. The van der Waals surface area contributed by atoms with Gasteiger partial charge in [-0.1, -0.05) is 11.6 Å². The number of carbonyl (C=O) groups is 1. The minimum Gasteiger partial charge on any atom is -0.298 e. The van der Waals surface area contributed by atoms with Gasteiger partial charge in [-0.15, -0.1) is 0 Å². The standard InChI is InChI=1S/C7H5ClF4N2O/c8-6-3(2-15)5(7(11)12)13-14(6)1-4(9)10/h2,4,7H,1H2. The third-order valence-electron chi connectivity index (χ3n) is 1.59. The molecule has 0 fully saturated rings. The van der Waals surface area contributed by atoms with Crippen LogP contribution in [0.4, 0.5) is 17.6 Å². The van der Waals surface area contributed by atoms with E-state index < -0.39 is 35.8 Å². The lowest BCUT2D eigenvalue weighted by Gasteiger charge is -2.00. The third-order valence-corrected chi connectivity index (χ3v) is 1.99. The average molecular weight is 245 g/mol. The first-order valence-electron chi connectivity index (χ1n) is 3.75. The molecule has 0 radical (unpaired) electrons. The van der Waals surface area contributed by atoms with E-state index in [2.05, 4.69) is 5.10 Å². The van der Waals surface area contributed by atoms with Crippen LogP contribution in [0, 0.1) is 0 Å². The van der Waals surface area contributed by atoms with Gasteiger partial charge in [0.2, 0.25) is 0 Å². The van der Waals surface area contributed by atoms with Gasteiger partial charge < -0.3 is 0 Å². The van der Waals surface area contributed by atoms with Gasteiger partial charge in [-0.2, -0.15) is 5.10 Å². The molecular formula is C7H5ClF4N2O. The van der Waals surface area contributed by atoms with Crippen LogP contribution in [0.15, 0.2) is 0 Å². The van der Waals surface area contributed by atoms with Crippen molar-refractivity contribution in [3.8, 4) is 0 Å². The van der Waals surface area contributed by atoms with Gasteiger partial charge in [0.15, 0.2) is 6.29 Å². The largest absolute Gasteiger partial charge is 0.298 e. The van der Waals surface area contributed by atoms with Gasteiger partial charge in [-0.3, -0.25) is 4.79 Å². The van der Waals surface area contributed by atoms with Gasteiger partial charge in [0.25, 0.3) is 12.9 Å². The molecule has 0 amide bonds. The second-order valence-electron chi connectivity index (χ2n) is 2.58. The Morgan fingerprint density at radius 2 is 2.00 bits per heavy atom. The van der Waals surface area contributed by atoms with Crippen LogP contribution in [0.1, 0.15) is 22.5 Å². The maximum absolute atomic E-state index is 12.3. The van der Waals surface area contributed by atoms with E-state index in [0.717, 1.165) is 0 Å². The normalized spacial score (nSPS) is 11.4. The van der Waals surface area contributed by atoms with E-state index in [-0.39, 0.29) is 6.29 Å². The van der Waals surface area contributed by atoms with Crippen molar-refractivity contribution in [1.82, 2.24) is 9.78 Å². The van der Waals surface area contributed by atoms with Crippen molar-refractivity contribution in [3.05, 3.63) is 16.4 Å². The Morgan fingerprint density at radius 3 is 2.33 bits per heavy atom. The summed E-state index contributed by atoms with van der Waals surface area (Å²) in [7, 11) is 0. The average Bonchev–Trinajstić information content (AvgIpc) is 2.43. The molecule has 1 rings (SSSR count). The minimum absolute atomic E-state index is 0.0683. The number of aldehydes is 1. The molecule has 15 heavy (non-hydrogen) atoms. The molecule has 0 atom stereocenters. The number of rotatable bonds is 4. The second-order valence-corrected chi connectivity index (χ2v) is 2.94. The highest BCUT2D eigenvalue weighted by Gasteiger charge is 2.23. The Morgan fingerprint density at radius 1 is 1.40 bits per heavy atom. The highest BCUT2D eigenvalue weighted by atomic mass is 35.5. The smallest absolute Gasteiger partial charge is 0.282 e. The van der Waals surface area contributed by atoms with Crippen molar-refractivity contribution >= 4 is 17.9 Å². The van der Waals surface area contributed by atoms with E-state index in [1.165, 1.54) is 0 Å². The molecule has 1 heterocycles. The van der Waals surface area contributed by atoms with Crippen LogP contribution in [-0.4, -0.2) is 22.5 Å². The summed E-state index contributed by atoms with van der Waals surface area (Å²) in [4.78, 5) is 10.4. The summed E-state index contributed by atoms with van der Waals surface area (Å²) in [6, 6.07) is 0. The summed E-state index contributed by atoms with van der Waals surface area (Å²) in [6.45, 7) is -0.924. The number of nitrogens with zero attached hydrogens (tertiary/aromatic N) is 2. The molecule has 0 saturated carbocycles. The molecular weight excluding hydrogens is 240 g/mol. The predicted molar refractivity (Wildman–Crippen MR) is 43.6 cm³/mol. The van der Waals surface area contributed by atoms with E-state index in [1.807, 2.05) is 0 Å². The molecule has 0 aliphatic carbocycles. The number of halogens is 5. The van der Waals surface area contributed by atoms with E-state index in [4.69, 9.17) is 11.6 Å². The molecule has 0 N–H and O–H groups in total. The van der Waals surface area contributed by atoms with E-state index in [1.54, 1.807) is 0 Å². The summed E-state index contributed by atoms with van der Waals surface area (Å²) in [5.41, 5.74) is -1.43. The highest BCUT2D eigenvalue weighted by Crippen LogP contribution is 2.26. The number of alkyl halides is 4. The van der Waals surface area contributed by atoms with Crippen LogP contribution in [0.2, 0.25) is 5.15 Å². The highest BCUT2D eigenvalue weighted by molar-refractivity contribution is 6.32. The summed E-state index contributed by atoms with van der Waals surface area (Å²) in [6.07, 6.45) is -5.74. The fourth-order valence-electron chi connectivity index (χ4n) is 0.994. The molecule has 1 aromatic rings. The van der Waals surface area contributed by atoms with E-state index in [9.17, 15) is 22.4 Å². The summed E-state index contributed by atoms with van der Waals surface area (Å²) in [5.74, 6) is 0. The maximum Gasteiger partial charge on any atom is 0.282 e. The summed E-state index contributed by atoms with van der Waals surface area (Å²) in [5, 5.41) is 2.64. The molecule has 0 aliphatic heterocycles. The van der Waals surface area contributed by atoms with Crippen molar-refractivity contribution in [2.45, 2.75) is 19.4 Å². The Kier molecular flexibility index (Phi) is 3.67. The fourth-order valence-corrected chi connectivity index (χ4v) is 1.24. The van der Waals surface area contributed by atoms with Gasteiger partial charge in [0.1, 0.15) is 17.4 Å². The topological polar surface area (TPSA) is 34.9 Å². The SMILES string of the molecule is O=Cc1c(C(F)F)nn(CC(F)F)c1Cl. The summed E-state index contributed by atoms with van der Waals surface area (Å²) < 4.78 is 48.9. The van der Waals surface area contributed by atoms with Gasteiger partial charge in [0, 0.05) is 0 Å². The van der Waals surface area contributed by atoms with Crippen molar-refractivity contribution in [1.29, 1.82) is 0 Å². The number of carbonyl (C=O) groups excluding carboxylic acids is 1. The molecule has 0 aromatic carbocycles. The zero-order valence-corrected chi connectivity index (χ0v) is 7.89. The van der Waals surface area contributed by atoms with Crippen molar-refractivity contribution < 1.29 is 22.4 Å². The Balaban J connectivity index is 3.15. The molecule has 0 unspecified atom stereocenters. The first kappa shape index (κ1) is 12.0. The molecule has 0 aliphatic rings. The first-order valence-corrected chi connectivity index (χ1v) is 4.12. The number of aromatic nitrogens is 2. The van der Waals surface area contributed by atoms with Gasteiger partial charge in [0.05, 0.1) is 5.56 Å². The van der Waals surface area contributed by atoms with Crippen molar-refractivity contribution in [3.63, 3.8) is 0 Å². The van der Waals surface area contributed by atoms with Crippen molar-refractivity contribution in [2.24, 2.45) is 0 Å². The van der Waals surface area contributed by atoms with Gasteiger partial charge >= 0.3 is 0 Å². The van der Waals surface area contributed by atoms with Crippen LogP contribution in [0.25, 0.3) is 0 Å². The molecule has 0 saturated heterocycles. The van der Waals surface area contributed by atoms with Crippen LogP contribution in [0.3, 0.4) is 0 Å². The quantitative estimate of drug-likeness (QED) is 0.603. The molecule has 1 aromatic heterocycles. The van der Waals surface area contributed by atoms with Gasteiger partial charge in [-0.25, -0.2) is 22.2 Å². The van der Waals surface area contributed by atoms with E-state index in [0.29, 0.717) is 4.68 Å². The molecule has 0 bridgehead atoms.